The number of carbonyl (C=O) groups is 1. The second kappa shape index (κ2) is 2.75. The van der Waals surface area contributed by atoms with Crippen molar-refractivity contribution in [2.45, 2.75) is 13.0 Å². The van der Waals surface area contributed by atoms with Gasteiger partial charge in [-0.05, 0) is 12.1 Å². The summed E-state index contributed by atoms with van der Waals surface area (Å²) in [6.07, 6.45) is 0. The van der Waals surface area contributed by atoms with Crippen LogP contribution in [0, 0.1) is 0 Å². The highest BCUT2D eigenvalue weighted by atomic mass is 16.1. The van der Waals surface area contributed by atoms with Crippen LogP contribution in [0.4, 0.5) is 0 Å². The summed E-state index contributed by atoms with van der Waals surface area (Å²) >= 11 is 0. The zero-order valence-electron chi connectivity index (χ0n) is 6.35. The number of hydrogen-bond acceptors (Lipinski definition) is 5. The molecular weight excluding hydrogens is 146 g/mol. The smallest absolute Gasteiger partial charge is 0.242 e. The fourth-order valence-electron chi connectivity index (χ4n) is 0.586. The predicted octanol–water partition coefficient (Wildman–Crippen LogP) is -1.26. The van der Waals surface area contributed by atoms with Crippen molar-refractivity contribution in [3.05, 3.63) is 5.82 Å². The van der Waals surface area contributed by atoms with E-state index in [1.165, 1.54) is 4.80 Å². The van der Waals surface area contributed by atoms with Crippen LogP contribution >= 0.6 is 0 Å². The highest BCUT2D eigenvalue weighted by Gasteiger charge is 2.15. The van der Waals surface area contributed by atoms with Gasteiger partial charge in [-0.1, -0.05) is 0 Å². The molecule has 0 fully saturated rings. The van der Waals surface area contributed by atoms with Gasteiger partial charge in [-0.3, -0.25) is 4.79 Å². The van der Waals surface area contributed by atoms with Gasteiger partial charge in [0.1, 0.15) is 0 Å². The van der Waals surface area contributed by atoms with Gasteiger partial charge in [0.05, 0.1) is 13.1 Å². The van der Waals surface area contributed by atoms with Gasteiger partial charge in [0.25, 0.3) is 0 Å². The Kier molecular flexibility index (Phi) is 1.95. The molecule has 0 saturated carbocycles. The average molecular weight is 155 g/mol. The summed E-state index contributed by atoms with van der Waals surface area (Å²) in [5, 5.41) is 10.7. The minimum absolute atomic E-state index is 0.0718. The molecule has 11 heavy (non-hydrogen) atoms. The molecule has 0 aliphatic carbocycles. The van der Waals surface area contributed by atoms with Gasteiger partial charge in [-0.15, -0.1) is 10.2 Å². The summed E-state index contributed by atoms with van der Waals surface area (Å²) < 4.78 is 0. The minimum atomic E-state index is -0.570. The third-order valence-corrected chi connectivity index (χ3v) is 1.14. The number of rotatable bonds is 2. The molecule has 0 amide bonds. The zero-order valence-corrected chi connectivity index (χ0v) is 6.35. The number of nitrogens with two attached hydrogens (primary N) is 1. The van der Waals surface area contributed by atoms with Crippen molar-refractivity contribution in [1.82, 2.24) is 20.2 Å². The molecule has 6 heteroatoms. The van der Waals surface area contributed by atoms with E-state index in [0.717, 1.165) is 0 Å². The fraction of sp³-hybridized carbons (Fsp3) is 0.600. The average Bonchev–Trinajstić information content (AvgIpc) is 2.34. The van der Waals surface area contributed by atoms with Gasteiger partial charge >= 0.3 is 0 Å². The highest BCUT2D eigenvalue weighted by Crippen LogP contribution is 1.90. The predicted molar refractivity (Wildman–Crippen MR) is 36.8 cm³/mol. The lowest BCUT2D eigenvalue weighted by atomic mass is 10.2. The number of hydrogen-bond donors (Lipinski definition) is 1. The lowest BCUT2D eigenvalue weighted by Crippen LogP contribution is -2.27. The SMILES string of the molecule is C[C@H](N)C(=O)c1nnn(C)n1. The third-order valence-electron chi connectivity index (χ3n) is 1.14. The Morgan fingerprint density at radius 2 is 2.36 bits per heavy atom. The standard InChI is InChI=1S/C5H9N5O/c1-3(6)4(11)5-7-9-10(2)8-5/h3H,6H2,1-2H3/t3-/m0/s1. The Balaban J connectivity index is 2.85. The summed E-state index contributed by atoms with van der Waals surface area (Å²) in [6, 6.07) is -0.570. The van der Waals surface area contributed by atoms with Crippen LogP contribution < -0.4 is 5.73 Å². The molecule has 2 N–H and O–H groups in total. The number of nitrogens with zero attached hydrogens (tertiary/aromatic N) is 4. The molecule has 0 bridgehead atoms. The van der Waals surface area contributed by atoms with Crippen LogP contribution in [0.3, 0.4) is 0 Å². The van der Waals surface area contributed by atoms with Crippen LogP contribution in [-0.4, -0.2) is 32.0 Å². The molecule has 0 aliphatic rings. The van der Waals surface area contributed by atoms with Crippen molar-refractivity contribution in [2.75, 3.05) is 0 Å². The first-order valence-corrected chi connectivity index (χ1v) is 3.15. The topological polar surface area (TPSA) is 86.7 Å². The van der Waals surface area contributed by atoms with Crippen molar-refractivity contribution in [3.8, 4) is 0 Å². The Bertz CT molecular complexity index is 266. The van der Waals surface area contributed by atoms with Crippen LogP contribution in [0.5, 0.6) is 0 Å². The van der Waals surface area contributed by atoms with E-state index in [9.17, 15) is 4.79 Å². The lowest BCUT2D eigenvalue weighted by molar-refractivity contribution is 0.0957. The van der Waals surface area contributed by atoms with E-state index in [1.54, 1.807) is 14.0 Å². The van der Waals surface area contributed by atoms with E-state index < -0.39 is 6.04 Å². The van der Waals surface area contributed by atoms with Gasteiger partial charge in [0, 0.05) is 0 Å². The van der Waals surface area contributed by atoms with Crippen molar-refractivity contribution in [3.63, 3.8) is 0 Å². The molecule has 1 heterocycles. The zero-order chi connectivity index (χ0) is 8.43. The molecule has 1 aromatic rings. The van der Waals surface area contributed by atoms with Crippen LogP contribution in [0.2, 0.25) is 0 Å². The minimum Gasteiger partial charge on any atom is -0.321 e. The molecule has 0 aliphatic heterocycles. The molecule has 6 nitrogen and oxygen atoms in total. The van der Waals surface area contributed by atoms with E-state index >= 15 is 0 Å². The normalized spacial score (nSPS) is 13.0. The van der Waals surface area contributed by atoms with Crippen LogP contribution in [0.25, 0.3) is 0 Å². The Labute approximate surface area is 63.4 Å². The Morgan fingerprint density at radius 3 is 2.73 bits per heavy atom. The Hall–Kier alpha value is -1.30. The number of Topliss-reactive ketones (excluding diaryl/α,β-unsaturated/α-hetero) is 1. The quantitative estimate of drug-likeness (QED) is 0.538. The van der Waals surface area contributed by atoms with Crippen LogP contribution in [0.1, 0.15) is 17.5 Å². The van der Waals surface area contributed by atoms with E-state index in [-0.39, 0.29) is 11.6 Å². The lowest BCUT2D eigenvalue weighted by Gasteiger charge is -1.95. The molecule has 0 spiro atoms. The third kappa shape index (κ3) is 1.58. The first kappa shape index (κ1) is 7.80. The van der Waals surface area contributed by atoms with Crippen molar-refractivity contribution < 1.29 is 4.79 Å². The van der Waals surface area contributed by atoms with E-state index in [4.69, 9.17) is 5.73 Å². The summed E-state index contributed by atoms with van der Waals surface area (Å²) in [5.41, 5.74) is 5.31. The molecule has 0 aromatic carbocycles. The van der Waals surface area contributed by atoms with E-state index in [1.807, 2.05) is 0 Å². The largest absolute Gasteiger partial charge is 0.321 e. The number of carbonyl (C=O) groups excluding carboxylic acids is 1. The summed E-state index contributed by atoms with van der Waals surface area (Å²) in [6.45, 7) is 1.58. The van der Waals surface area contributed by atoms with Crippen LogP contribution in [0.15, 0.2) is 0 Å². The van der Waals surface area contributed by atoms with Gasteiger partial charge in [0.2, 0.25) is 11.6 Å². The van der Waals surface area contributed by atoms with Crippen molar-refractivity contribution in [2.24, 2.45) is 12.8 Å². The monoisotopic (exact) mass is 155 g/mol. The maximum Gasteiger partial charge on any atom is 0.242 e. The molecule has 0 unspecified atom stereocenters. The summed E-state index contributed by atoms with van der Waals surface area (Å²) in [4.78, 5) is 12.3. The molecule has 1 aromatic heterocycles. The van der Waals surface area contributed by atoms with Gasteiger partial charge < -0.3 is 5.73 Å². The first-order valence-electron chi connectivity index (χ1n) is 3.15. The highest BCUT2D eigenvalue weighted by molar-refractivity contribution is 5.96. The van der Waals surface area contributed by atoms with E-state index in [2.05, 4.69) is 15.4 Å². The molecule has 1 rings (SSSR count). The first-order chi connectivity index (χ1) is 5.11. The summed E-state index contributed by atoms with van der Waals surface area (Å²) in [7, 11) is 1.59. The molecule has 0 saturated heterocycles. The number of ketones is 1. The number of tetrazole rings is 1. The van der Waals surface area contributed by atoms with Crippen molar-refractivity contribution >= 4 is 5.78 Å². The molecule has 60 valence electrons. The Morgan fingerprint density at radius 1 is 1.73 bits per heavy atom. The number of aryl methyl sites for hydroxylation is 1. The van der Waals surface area contributed by atoms with Crippen LogP contribution in [-0.2, 0) is 7.05 Å². The maximum atomic E-state index is 11.1. The summed E-state index contributed by atoms with van der Waals surface area (Å²) in [5.74, 6) is -0.222. The second-order valence-electron chi connectivity index (χ2n) is 2.26. The molecule has 1 atom stereocenters. The second-order valence-corrected chi connectivity index (χ2v) is 2.26. The van der Waals surface area contributed by atoms with Gasteiger partial charge in [0.15, 0.2) is 0 Å². The van der Waals surface area contributed by atoms with Crippen molar-refractivity contribution in [1.29, 1.82) is 0 Å². The maximum absolute atomic E-state index is 11.1. The number of aromatic nitrogens is 4. The molecule has 0 radical (unpaired) electrons. The van der Waals surface area contributed by atoms with Gasteiger partial charge in [-0.25, -0.2) is 0 Å². The molecular formula is C5H9N5O. The fourth-order valence-corrected chi connectivity index (χ4v) is 0.586. The van der Waals surface area contributed by atoms with E-state index in [0.29, 0.717) is 0 Å². The van der Waals surface area contributed by atoms with Gasteiger partial charge in [-0.2, -0.15) is 4.80 Å².